The van der Waals surface area contributed by atoms with Crippen LogP contribution >= 0.6 is 11.6 Å². The van der Waals surface area contributed by atoms with Crippen molar-refractivity contribution in [2.45, 2.75) is 12.6 Å². The number of nitrogens with zero attached hydrogens (tertiary/aromatic N) is 1. The molecule has 1 atom stereocenters. The third kappa shape index (κ3) is 3.33. The van der Waals surface area contributed by atoms with Gasteiger partial charge >= 0.3 is 0 Å². The molecule has 108 valence electrons. The Labute approximate surface area is 124 Å². The third-order valence-corrected chi connectivity index (χ3v) is 3.60. The van der Waals surface area contributed by atoms with Crippen LogP contribution < -0.4 is 10.5 Å². The van der Waals surface area contributed by atoms with Gasteiger partial charge in [-0.2, -0.15) is 0 Å². The van der Waals surface area contributed by atoms with E-state index in [1.807, 2.05) is 37.4 Å². The fourth-order valence-electron chi connectivity index (χ4n) is 2.22. The number of halogens is 1. The molecule has 2 N–H and O–H groups in total. The first-order valence-electron chi connectivity index (χ1n) is 6.41. The van der Waals surface area contributed by atoms with E-state index in [1.54, 1.807) is 13.4 Å². The fraction of sp³-hybridized carbons (Fsp3) is 0.333. The zero-order valence-electron chi connectivity index (χ0n) is 11.7. The lowest BCUT2D eigenvalue weighted by Gasteiger charge is -2.26. The molecule has 0 aliphatic carbocycles. The van der Waals surface area contributed by atoms with Gasteiger partial charge in [-0.25, -0.2) is 0 Å². The van der Waals surface area contributed by atoms with Crippen molar-refractivity contribution in [3.05, 3.63) is 52.9 Å². The van der Waals surface area contributed by atoms with Crippen molar-refractivity contribution in [3.8, 4) is 5.75 Å². The molecule has 0 saturated heterocycles. The summed E-state index contributed by atoms with van der Waals surface area (Å²) in [6, 6.07) is 9.65. The molecule has 0 amide bonds. The number of nitrogens with two attached hydrogens (primary N) is 1. The van der Waals surface area contributed by atoms with Gasteiger partial charge in [0.1, 0.15) is 11.5 Å². The summed E-state index contributed by atoms with van der Waals surface area (Å²) >= 11 is 6.18. The second kappa shape index (κ2) is 6.79. The van der Waals surface area contributed by atoms with Crippen LogP contribution in [0.25, 0.3) is 0 Å². The Bertz CT molecular complexity index is 543. The van der Waals surface area contributed by atoms with E-state index in [9.17, 15) is 0 Å². The van der Waals surface area contributed by atoms with Crippen LogP contribution in [-0.2, 0) is 6.54 Å². The topological polar surface area (TPSA) is 51.6 Å². The second-order valence-corrected chi connectivity index (χ2v) is 5.05. The number of benzene rings is 1. The van der Waals surface area contributed by atoms with Gasteiger partial charge in [-0.1, -0.05) is 17.7 Å². The number of ether oxygens (including phenoxy) is 1. The maximum Gasteiger partial charge on any atom is 0.137 e. The smallest absolute Gasteiger partial charge is 0.137 e. The highest BCUT2D eigenvalue weighted by molar-refractivity contribution is 6.32. The van der Waals surface area contributed by atoms with E-state index < -0.39 is 0 Å². The maximum absolute atomic E-state index is 6.18. The van der Waals surface area contributed by atoms with Gasteiger partial charge in [-0.15, -0.1) is 0 Å². The number of hydrogen-bond donors (Lipinski definition) is 1. The number of rotatable bonds is 6. The fourth-order valence-corrected chi connectivity index (χ4v) is 2.49. The first-order chi connectivity index (χ1) is 9.65. The Morgan fingerprint density at radius 1 is 1.40 bits per heavy atom. The summed E-state index contributed by atoms with van der Waals surface area (Å²) in [6.07, 6.45) is 1.67. The van der Waals surface area contributed by atoms with Crippen molar-refractivity contribution in [1.29, 1.82) is 0 Å². The molecule has 1 heterocycles. The molecule has 1 unspecified atom stereocenters. The molecule has 20 heavy (non-hydrogen) atoms. The molecule has 0 aliphatic heterocycles. The molecule has 5 heteroatoms. The van der Waals surface area contributed by atoms with Gasteiger partial charge in [-0.05, 0) is 36.9 Å². The summed E-state index contributed by atoms with van der Waals surface area (Å²) in [6.45, 7) is 1.19. The Morgan fingerprint density at radius 3 is 2.75 bits per heavy atom. The molecular weight excluding hydrogens is 276 g/mol. The lowest BCUT2D eigenvalue weighted by atomic mass is 10.1. The second-order valence-electron chi connectivity index (χ2n) is 4.64. The molecule has 2 aromatic rings. The van der Waals surface area contributed by atoms with E-state index in [1.165, 1.54) is 0 Å². The highest BCUT2D eigenvalue weighted by Crippen LogP contribution is 2.29. The summed E-state index contributed by atoms with van der Waals surface area (Å²) < 4.78 is 10.5. The van der Waals surface area contributed by atoms with Gasteiger partial charge in [0.15, 0.2) is 0 Å². The zero-order valence-corrected chi connectivity index (χ0v) is 12.4. The molecule has 1 aromatic heterocycles. The summed E-state index contributed by atoms with van der Waals surface area (Å²) in [5.74, 6) is 1.57. The number of methoxy groups -OCH3 is 1. The van der Waals surface area contributed by atoms with Gasteiger partial charge in [0.25, 0.3) is 0 Å². The van der Waals surface area contributed by atoms with Gasteiger partial charge in [0.05, 0.1) is 24.9 Å². The standard InChI is InChI=1S/C15H19ClN2O2/c1-18(10-12-4-3-7-20-12)14(9-17)11-5-6-15(19-2)13(16)8-11/h3-8,14H,9-10,17H2,1-2H3. The highest BCUT2D eigenvalue weighted by atomic mass is 35.5. The minimum absolute atomic E-state index is 0.0727. The lowest BCUT2D eigenvalue weighted by Crippen LogP contribution is -2.30. The van der Waals surface area contributed by atoms with E-state index >= 15 is 0 Å². The molecule has 0 spiro atoms. The largest absolute Gasteiger partial charge is 0.495 e. The molecule has 0 radical (unpaired) electrons. The Kier molecular flexibility index (Phi) is 5.06. The van der Waals surface area contributed by atoms with E-state index in [2.05, 4.69) is 4.90 Å². The van der Waals surface area contributed by atoms with Crippen molar-refractivity contribution in [1.82, 2.24) is 4.90 Å². The van der Waals surface area contributed by atoms with Crippen LogP contribution in [-0.4, -0.2) is 25.6 Å². The lowest BCUT2D eigenvalue weighted by molar-refractivity contribution is 0.223. The molecule has 0 bridgehead atoms. The van der Waals surface area contributed by atoms with E-state index in [0.29, 0.717) is 23.9 Å². The molecule has 0 fully saturated rings. The first-order valence-corrected chi connectivity index (χ1v) is 6.79. The van der Waals surface area contributed by atoms with Crippen molar-refractivity contribution >= 4 is 11.6 Å². The van der Waals surface area contributed by atoms with E-state index in [4.69, 9.17) is 26.5 Å². The predicted octanol–water partition coefficient (Wildman–Crippen LogP) is 3.07. The molecule has 1 aromatic carbocycles. The van der Waals surface area contributed by atoms with Crippen molar-refractivity contribution in [3.63, 3.8) is 0 Å². The van der Waals surface area contributed by atoms with Crippen LogP contribution in [0.1, 0.15) is 17.4 Å². The number of likely N-dealkylation sites (N-methyl/N-ethyl adjacent to an activating group) is 1. The van der Waals surface area contributed by atoms with Crippen LogP contribution in [0, 0.1) is 0 Å². The van der Waals surface area contributed by atoms with Crippen molar-refractivity contribution in [2.75, 3.05) is 20.7 Å². The van der Waals surface area contributed by atoms with E-state index in [0.717, 1.165) is 11.3 Å². The average Bonchev–Trinajstić information content (AvgIpc) is 2.92. The zero-order chi connectivity index (χ0) is 14.5. The Morgan fingerprint density at radius 2 is 2.20 bits per heavy atom. The minimum Gasteiger partial charge on any atom is -0.495 e. The first kappa shape index (κ1) is 14.9. The third-order valence-electron chi connectivity index (χ3n) is 3.30. The molecule has 0 aliphatic rings. The van der Waals surface area contributed by atoms with Crippen molar-refractivity contribution in [2.24, 2.45) is 5.73 Å². The molecule has 2 rings (SSSR count). The summed E-state index contributed by atoms with van der Waals surface area (Å²) in [4.78, 5) is 2.14. The summed E-state index contributed by atoms with van der Waals surface area (Å²) in [7, 11) is 3.61. The van der Waals surface area contributed by atoms with Crippen LogP contribution in [0.4, 0.5) is 0 Å². The predicted molar refractivity (Wildman–Crippen MR) is 80.0 cm³/mol. The molecule has 4 nitrogen and oxygen atoms in total. The van der Waals surface area contributed by atoms with Crippen LogP contribution in [0.15, 0.2) is 41.0 Å². The monoisotopic (exact) mass is 294 g/mol. The Hall–Kier alpha value is -1.49. The quantitative estimate of drug-likeness (QED) is 0.889. The van der Waals surface area contributed by atoms with Crippen LogP contribution in [0.5, 0.6) is 5.75 Å². The van der Waals surface area contributed by atoms with Crippen LogP contribution in [0.3, 0.4) is 0 Å². The van der Waals surface area contributed by atoms with E-state index in [-0.39, 0.29) is 6.04 Å². The maximum atomic E-state index is 6.18. The number of furan rings is 1. The normalized spacial score (nSPS) is 12.7. The van der Waals surface area contributed by atoms with Gasteiger partial charge in [-0.3, -0.25) is 4.90 Å². The van der Waals surface area contributed by atoms with Gasteiger partial charge in [0, 0.05) is 12.6 Å². The number of hydrogen-bond acceptors (Lipinski definition) is 4. The SMILES string of the molecule is COc1ccc(C(CN)N(C)Cc2ccco2)cc1Cl. The summed E-state index contributed by atoms with van der Waals surface area (Å²) in [5.41, 5.74) is 6.97. The van der Waals surface area contributed by atoms with Gasteiger partial charge < -0.3 is 14.9 Å². The minimum atomic E-state index is 0.0727. The van der Waals surface area contributed by atoms with Crippen LogP contribution in [0.2, 0.25) is 5.02 Å². The molecule has 0 saturated carbocycles. The Balaban J connectivity index is 2.16. The molecular formula is C15H19ClN2O2. The average molecular weight is 295 g/mol. The van der Waals surface area contributed by atoms with Gasteiger partial charge in [0.2, 0.25) is 0 Å². The highest BCUT2D eigenvalue weighted by Gasteiger charge is 2.17. The van der Waals surface area contributed by atoms with Crippen molar-refractivity contribution < 1.29 is 9.15 Å². The summed E-state index contributed by atoms with van der Waals surface area (Å²) in [5, 5.41) is 0.592.